The van der Waals surface area contributed by atoms with Crippen LogP contribution in [0.1, 0.15) is 13.3 Å². The molecule has 90 valence electrons. The summed E-state index contributed by atoms with van der Waals surface area (Å²) in [6.45, 7) is 6.57. The van der Waals surface area contributed by atoms with E-state index in [0.717, 1.165) is 38.2 Å². The van der Waals surface area contributed by atoms with Gasteiger partial charge < -0.3 is 19.7 Å². The number of nitrogens with zero attached hydrogens (tertiary/aromatic N) is 1. The van der Waals surface area contributed by atoms with Crippen LogP contribution in [0.15, 0.2) is 12.2 Å². The maximum Gasteiger partial charge on any atom is 0.247 e. The fraction of sp³-hybridized carbons (Fsp3) is 0.636. The van der Waals surface area contributed by atoms with Crippen LogP contribution in [0.5, 0.6) is 0 Å². The first-order chi connectivity index (χ1) is 7.63. The quantitative estimate of drug-likeness (QED) is 0.536. The Bertz CT molecular complexity index is 281. The van der Waals surface area contributed by atoms with Gasteiger partial charge in [0.1, 0.15) is 0 Å². The number of rotatable bonds is 4. The van der Waals surface area contributed by atoms with Crippen LogP contribution >= 0.6 is 0 Å². The molecule has 1 rings (SSSR count). The summed E-state index contributed by atoms with van der Waals surface area (Å²) in [5.74, 6) is -1.57. The summed E-state index contributed by atoms with van der Waals surface area (Å²) in [5, 5.41) is 10.2. The van der Waals surface area contributed by atoms with Gasteiger partial charge in [-0.05, 0) is 12.5 Å². The van der Waals surface area contributed by atoms with Crippen molar-refractivity contribution in [3.63, 3.8) is 0 Å². The fourth-order valence-corrected chi connectivity index (χ4v) is 1.89. The molecule has 1 heterocycles. The van der Waals surface area contributed by atoms with Gasteiger partial charge >= 0.3 is 0 Å². The molecule has 0 aromatic carbocycles. The van der Waals surface area contributed by atoms with Crippen molar-refractivity contribution in [2.45, 2.75) is 13.3 Å². The Kier molecular flexibility index (Phi) is 4.98. The number of nitrogens with one attached hydrogen (secondary N) is 1. The molecule has 1 saturated heterocycles. The van der Waals surface area contributed by atoms with Gasteiger partial charge in [-0.25, -0.2) is 0 Å². The van der Waals surface area contributed by atoms with Crippen molar-refractivity contribution in [1.82, 2.24) is 4.90 Å². The van der Waals surface area contributed by atoms with Crippen molar-refractivity contribution in [3.8, 4) is 0 Å². The van der Waals surface area contributed by atoms with Crippen LogP contribution in [0, 0.1) is 0 Å². The van der Waals surface area contributed by atoms with Crippen LogP contribution in [0.25, 0.3) is 0 Å². The zero-order chi connectivity index (χ0) is 12.0. The van der Waals surface area contributed by atoms with E-state index in [4.69, 9.17) is 0 Å². The molecule has 0 bridgehead atoms. The van der Waals surface area contributed by atoms with Crippen molar-refractivity contribution in [1.29, 1.82) is 0 Å². The lowest BCUT2D eigenvalue weighted by atomic mass is 10.3. The summed E-state index contributed by atoms with van der Waals surface area (Å²) in [4.78, 5) is 24.8. The van der Waals surface area contributed by atoms with E-state index in [1.807, 2.05) is 0 Å². The van der Waals surface area contributed by atoms with Gasteiger partial charge in [0, 0.05) is 6.08 Å². The summed E-state index contributed by atoms with van der Waals surface area (Å²) < 4.78 is 0. The molecule has 0 saturated carbocycles. The van der Waals surface area contributed by atoms with Gasteiger partial charge in [0.05, 0.1) is 38.7 Å². The van der Waals surface area contributed by atoms with Crippen molar-refractivity contribution in [3.05, 3.63) is 12.2 Å². The van der Waals surface area contributed by atoms with Crippen molar-refractivity contribution >= 4 is 11.9 Å². The number of carbonyl (C=O) groups excluding carboxylic acids is 2. The Balaban J connectivity index is 2.35. The summed E-state index contributed by atoms with van der Waals surface area (Å²) in [6, 6.07) is 0. The molecule has 1 amide bonds. The molecule has 0 aromatic heterocycles. The molecule has 1 aliphatic rings. The molecule has 0 unspecified atom stereocenters. The molecular formula is C11H18N2O3. The summed E-state index contributed by atoms with van der Waals surface area (Å²) >= 11 is 0. The number of carbonyl (C=O) groups is 2. The normalized spacial score (nSPS) is 17.9. The second kappa shape index (κ2) is 6.27. The lowest BCUT2D eigenvalue weighted by molar-refractivity contribution is -0.904. The molecule has 1 N–H and O–H groups in total. The number of hydrogen-bond donors (Lipinski definition) is 1. The third-order valence-corrected chi connectivity index (χ3v) is 2.75. The number of amides is 1. The van der Waals surface area contributed by atoms with E-state index in [1.54, 1.807) is 4.90 Å². The minimum absolute atomic E-state index is 0.236. The molecule has 16 heavy (non-hydrogen) atoms. The highest BCUT2D eigenvalue weighted by Gasteiger charge is 2.21. The maximum absolute atomic E-state index is 11.5. The predicted molar refractivity (Wildman–Crippen MR) is 56.6 cm³/mol. The van der Waals surface area contributed by atoms with E-state index < -0.39 is 5.97 Å². The van der Waals surface area contributed by atoms with E-state index in [9.17, 15) is 14.7 Å². The first-order valence-electron chi connectivity index (χ1n) is 5.65. The van der Waals surface area contributed by atoms with Gasteiger partial charge in [0.15, 0.2) is 0 Å². The minimum atomic E-state index is -1.33. The molecule has 0 atom stereocenters. The molecule has 5 nitrogen and oxygen atoms in total. The average molecular weight is 226 g/mol. The van der Waals surface area contributed by atoms with Crippen LogP contribution in [-0.2, 0) is 9.59 Å². The van der Waals surface area contributed by atoms with E-state index in [-0.39, 0.29) is 5.91 Å². The number of quaternary nitrogens is 1. The highest BCUT2D eigenvalue weighted by atomic mass is 16.4. The minimum Gasteiger partial charge on any atom is -0.545 e. The Morgan fingerprint density at radius 2 is 1.94 bits per heavy atom. The Morgan fingerprint density at radius 1 is 1.31 bits per heavy atom. The second-order valence-corrected chi connectivity index (χ2v) is 3.98. The van der Waals surface area contributed by atoms with E-state index in [0.29, 0.717) is 13.1 Å². The molecular weight excluding hydrogens is 208 g/mol. The largest absolute Gasteiger partial charge is 0.545 e. The third kappa shape index (κ3) is 4.02. The Morgan fingerprint density at radius 3 is 2.44 bits per heavy atom. The standard InChI is InChI=1S/C11H18N2O3/c1-2-5-12-6-8-13(9-7-12)10(14)3-4-11(15)16/h3-4H,2,5-9H2,1H3,(H,15,16)/b4-3+. The van der Waals surface area contributed by atoms with E-state index in [1.165, 1.54) is 4.90 Å². The smallest absolute Gasteiger partial charge is 0.247 e. The van der Waals surface area contributed by atoms with Gasteiger partial charge in [-0.15, -0.1) is 0 Å². The molecule has 0 spiro atoms. The first kappa shape index (κ1) is 12.7. The van der Waals surface area contributed by atoms with E-state index in [2.05, 4.69) is 6.92 Å². The molecule has 0 radical (unpaired) electrons. The number of hydrogen-bond acceptors (Lipinski definition) is 3. The van der Waals surface area contributed by atoms with Gasteiger partial charge in [-0.3, -0.25) is 4.79 Å². The summed E-state index contributed by atoms with van der Waals surface area (Å²) in [6.07, 6.45) is 3.00. The molecule has 5 heteroatoms. The topological polar surface area (TPSA) is 64.9 Å². The maximum atomic E-state index is 11.5. The monoisotopic (exact) mass is 226 g/mol. The zero-order valence-corrected chi connectivity index (χ0v) is 9.57. The number of carboxylic acid groups (broad SMARTS) is 1. The van der Waals surface area contributed by atoms with E-state index >= 15 is 0 Å². The van der Waals surface area contributed by atoms with Crippen molar-refractivity contribution in [2.24, 2.45) is 0 Å². The number of aliphatic carboxylic acids is 1. The fourth-order valence-electron chi connectivity index (χ4n) is 1.89. The lowest BCUT2D eigenvalue weighted by Crippen LogP contribution is -3.14. The molecule has 1 fully saturated rings. The Labute approximate surface area is 95.3 Å². The van der Waals surface area contributed by atoms with Crippen molar-refractivity contribution < 1.29 is 19.6 Å². The number of carboxylic acids is 1. The van der Waals surface area contributed by atoms with Gasteiger partial charge in [0.2, 0.25) is 5.91 Å². The first-order valence-corrected chi connectivity index (χ1v) is 5.65. The number of piperazine rings is 1. The molecule has 0 aromatic rings. The van der Waals surface area contributed by atoms with Crippen LogP contribution in [0.3, 0.4) is 0 Å². The Hall–Kier alpha value is -1.36. The van der Waals surface area contributed by atoms with Gasteiger partial charge in [0.25, 0.3) is 0 Å². The van der Waals surface area contributed by atoms with Crippen LogP contribution < -0.4 is 10.0 Å². The average Bonchev–Trinajstić information content (AvgIpc) is 2.27. The van der Waals surface area contributed by atoms with Crippen LogP contribution in [0.2, 0.25) is 0 Å². The SMILES string of the molecule is CCC[NH+]1CCN(C(=O)/C=C/C(=O)[O-])CC1. The second-order valence-electron chi connectivity index (χ2n) is 3.98. The van der Waals surface area contributed by atoms with Crippen LogP contribution in [-0.4, -0.2) is 49.5 Å². The van der Waals surface area contributed by atoms with Gasteiger partial charge in [-0.2, -0.15) is 0 Å². The van der Waals surface area contributed by atoms with Crippen LogP contribution in [0.4, 0.5) is 0 Å². The predicted octanol–water partition coefficient (Wildman–Crippen LogP) is -2.57. The molecule has 0 aliphatic carbocycles. The highest BCUT2D eigenvalue weighted by Crippen LogP contribution is 1.92. The highest BCUT2D eigenvalue weighted by molar-refractivity contribution is 5.93. The van der Waals surface area contributed by atoms with Crippen molar-refractivity contribution in [2.75, 3.05) is 32.7 Å². The zero-order valence-electron chi connectivity index (χ0n) is 9.57. The lowest BCUT2D eigenvalue weighted by Gasteiger charge is -2.31. The third-order valence-electron chi connectivity index (χ3n) is 2.75. The van der Waals surface area contributed by atoms with Gasteiger partial charge in [-0.1, -0.05) is 6.92 Å². The summed E-state index contributed by atoms with van der Waals surface area (Å²) in [7, 11) is 0. The summed E-state index contributed by atoms with van der Waals surface area (Å²) in [5.41, 5.74) is 0. The molecule has 1 aliphatic heterocycles.